The molecule has 0 rings (SSSR count). The fourth-order valence-electron chi connectivity index (χ4n) is 1.34. The molecule has 0 bridgehead atoms. The summed E-state index contributed by atoms with van der Waals surface area (Å²) in [6, 6.07) is 0. The van der Waals surface area contributed by atoms with E-state index in [1.54, 1.807) is 0 Å². The summed E-state index contributed by atoms with van der Waals surface area (Å²) >= 11 is 0. The Kier molecular flexibility index (Phi) is 9.77. The van der Waals surface area contributed by atoms with Gasteiger partial charge in [0.05, 0.1) is 0 Å². The van der Waals surface area contributed by atoms with Gasteiger partial charge in [-0.15, -0.1) is 0 Å². The molecule has 0 amide bonds. The maximum Gasteiger partial charge on any atom is 0.302 e. The Hall–Kier alpha value is -0.870. The molecule has 0 fully saturated rings. The number of rotatable bonds is 9. The minimum Gasteiger partial charge on any atom is -0.462 e. The van der Waals surface area contributed by atoms with E-state index in [4.69, 9.17) is 14.2 Å². The lowest BCUT2D eigenvalue weighted by Crippen LogP contribution is -2.17. The molecule has 0 spiro atoms. The molecule has 0 aromatic carbocycles. The first kappa shape index (κ1) is 16.1. The first-order chi connectivity index (χ1) is 8.10. The second-order valence-electron chi connectivity index (χ2n) is 3.73. The zero-order valence-corrected chi connectivity index (χ0v) is 11.3. The SMILES string of the molecule is CCOC(CC/C(C)=C/COC(C)=O)OCC. The highest BCUT2D eigenvalue weighted by molar-refractivity contribution is 5.66. The molecule has 4 heteroatoms. The molecule has 0 aliphatic heterocycles. The molecule has 0 aliphatic carbocycles. The molecule has 0 aliphatic rings. The number of hydrogen-bond donors (Lipinski definition) is 0. The number of allylic oxidation sites excluding steroid dienone is 1. The van der Waals surface area contributed by atoms with Gasteiger partial charge in [0.1, 0.15) is 6.61 Å². The second-order valence-corrected chi connectivity index (χ2v) is 3.73. The van der Waals surface area contributed by atoms with Crippen LogP contribution in [0.25, 0.3) is 0 Å². The van der Waals surface area contributed by atoms with Crippen molar-refractivity contribution in [3.8, 4) is 0 Å². The van der Waals surface area contributed by atoms with Crippen molar-refractivity contribution in [2.24, 2.45) is 0 Å². The van der Waals surface area contributed by atoms with Gasteiger partial charge < -0.3 is 14.2 Å². The van der Waals surface area contributed by atoms with E-state index in [2.05, 4.69) is 0 Å². The number of carbonyl (C=O) groups excluding carboxylic acids is 1. The normalized spacial score (nSPS) is 11.9. The fraction of sp³-hybridized carbons (Fsp3) is 0.769. The Morgan fingerprint density at radius 3 is 2.24 bits per heavy atom. The number of esters is 1. The van der Waals surface area contributed by atoms with Gasteiger partial charge in [0.25, 0.3) is 0 Å². The lowest BCUT2D eigenvalue weighted by Gasteiger charge is -2.16. The highest BCUT2D eigenvalue weighted by atomic mass is 16.7. The topological polar surface area (TPSA) is 44.8 Å². The van der Waals surface area contributed by atoms with Gasteiger partial charge in [0.15, 0.2) is 6.29 Å². The van der Waals surface area contributed by atoms with Gasteiger partial charge >= 0.3 is 5.97 Å². The van der Waals surface area contributed by atoms with Crippen molar-refractivity contribution in [2.75, 3.05) is 19.8 Å². The molecule has 0 aromatic rings. The summed E-state index contributed by atoms with van der Waals surface area (Å²) in [5.41, 5.74) is 1.18. The molecule has 0 heterocycles. The van der Waals surface area contributed by atoms with Crippen LogP contribution in [0.4, 0.5) is 0 Å². The maximum atomic E-state index is 10.6. The fourth-order valence-corrected chi connectivity index (χ4v) is 1.34. The molecule has 0 N–H and O–H groups in total. The number of ether oxygens (including phenoxy) is 3. The summed E-state index contributed by atoms with van der Waals surface area (Å²) in [6.07, 6.45) is 3.48. The van der Waals surface area contributed by atoms with Crippen LogP contribution >= 0.6 is 0 Å². The summed E-state index contributed by atoms with van der Waals surface area (Å²) in [5, 5.41) is 0. The van der Waals surface area contributed by atoms with Gasteiger partial charge in [0.2, 0.25) is 0 Å². The lowest BCUT2D eigenvalue weighted by molar-refractivity contribution is -0.140. The average Bonchev–Trinajstić information content (AvgIpc) is 2.26. The van der Waals surface area contributed by atoms with Crippen LogP contribution in [0.2, 0.25) is 0 Å². The summed E-state index contributed by atoms with van der Waals surface area (Å²) < 4.78 is 15.7. The third kappa shape index (κ3) is 10.0. The minimum atomic E-state index is -0.254. The molecule has 0 aromatic heterocycles. The van der Waals surface area contributed by atoms with Crippen molar-refractivity contribution in [2.45, 2.75) is 46.8 Å². The minimum absolute atomic E-state index is 0.137. The van der Waals surface area contributed by atoms with E-state index in [0.29, 0.717) is 19.8 Å². The van der Waals surface area contributed by atoms with E-state index in [-0.39, 0.29) is 12.3 Å². The van der Waals surface area contributed by atoms with Crippen molar-refractivity contribution in [3.63, 3.8) is 0 Å². The molecule has 0 saturated heterocycles. The standard InChI is InChI=1S/C13H24O4/c1-5-15-13(16-6-2)8-7-11(3)9-10-17-12(4)14/h9,13H,5-8,10H2,1-4H3/b11-9+. The molecule has 4 nitrogen and oxygen atoms in total. The van der Waals surface area contributed by atoms with Gasteiger partial charge in [-0.2, -0.15) is 0 Å². The predicted octanol–water partition coefficient (Wildman–Crippen LogP) is 2.68. The molecule has 0 atom stereocenters. The Morgan fingerprint density at radius 1 is 1.18 bits per heavy atom. The molecule has 100 valence electrons. The first-order valence-corrected chi connectivity index (χ1v) is 6.12. The number of hydrogen-bond acceptors (Lipinski definition) is 4. The van der Waals surface area contributed by atoms with Crippen LogP contribution < -0.4 is 0 Å². The second kappa shape index (κ2) is 10.3. The summed E-state index contributed by atoms with van der Waals surface area (Å²) in [5.74, 6) is -0.254. The summed E-state index contributed by atoms with van der Waals surface area (Å²) in [7, 11) is 0. The van der Waals surface area contributed by atoms with Crippen LogP contribution in [0.15, 0.2) is 11.6 Å². The van der Waals surface area contributed by atoms with Gasteiger partial charge in [-0.1, -0.05) is 5.57 Å². The molecular formula is C13H24O4. The zero-order chi connectivity index (χ0) is 13.1. The van der Waals surface area contributed by atoms with E-state index >= 15 is 0 Å². The van der Waals surface area contributed by atoms with Crippen molar-refractivity contribution < 1.29 is 19.0 Å². The highest BCUT2D eigenvalue weighted by Crippen LogP contribution is 2.10. The molecular weight excluding hydrogens is 220 g/mol. The number of carbonyl (C=O) groups is 1. The Bertz CT molecular complexity index is 230. The van der Waals surface area contributed by atoms with Crippen LogP contribution in [-0.2, 0) is 19.0 Å². The first-order valence-electron chi connectivity index (χ1n) is 6.12. The van der Waals surface area contributed by atoms with Crippen molar-refractivity contribution >= 4 is 5.97 Å². The summed E-state index contributed by atoms with van der Waals surface area (Å²) in [6.45, 7) is 8.98. The van der Waals surface area contributed by atoms with Crippen molar-refractivity contribution in [3.05, 3.63) is 11.6 Å². The van der Waals surface area contributed by atoms with Crippen LogP contribution in [0.1, 0.15) is 40.5 Å². The van der Waals surface area contributed by atoms with Crippen LogP contribution in [-0.4, -0.2) is 32.1 Å². The Morgan fingerprint density at radius 2 is 1.76 bits per heavy atom. The maximum absolute atomic E-state index is 10.6. The van der Waals surface area contributed by atoms with Gasteiger partial charge in [-0.25, -0.2) is 0 Å². The van der Waals surface area contributed by atoms with E-state index in [1.165, 1.54) is 12.5 Å². The van der Waals surface area contributed by atoms with E-state index in [9.17, 15) is 4.79 Å². The largest absolute Gasteiger partial charge is 0.462 e. The van der Waals surface area contributed by atoms with Gasteiger partial charge in [0, 0.05) is 26.6 Å². The monoisotopic (exact) mass is 244 g/mol. The molecule has 0 unspecified atom stereocenters. The molecule has 0 saturated carbocycles. The van der Waals surface area contributed by atoms with E-state index in [1.807, 2.05) is 26.8 Å². The smallest absolute Gasteiger partial charge is 0.302 e. The van der Waals surface area contributed by atoms with E-state index < -0.39 is 0 Å². The van der Waals surface area contributed by atoms with Gasteiger partial charge in [-0.3, -0.25) is 4.79 Å². The van der Waals surface area contributed by atoms with E-state index in [0.717, 1.165) is 12.8 Å². The van der Waals surface area contributed by atoms with Crippen LogP contribution in [0.3, 0.4) is 0 Å². The zero-order valence-electron chi connectivity index (χ0n) is 11.3. The van der Waals surface area contributed by atoms with Gasteiger partial charge in [-0.05, 0) is 33.3 Å². The molecule has 0 radical (unpaired) electrons. The third-order valence-corrected chi connectivity index (χ3v) is 2.20. The lowest BCUT2D eigenvalue weighted by atomic mass is 10.1. The van der Waals surface area contributed by atoms with Crippen LogP contribution in [0.5, 0.6) is 0 Å². The quantitative estimate of drug-likeness (QED) is 0.355. The van der Waals surface area contributed by atoms with Crippen molar-refractivity contribution in [1.82, 2.24) is 0 Å². The predicted molar refractivity (Wildman–Crippen MR) is 66.7 cm³/mol. The Balaban J connectivity index is 3.84. The van der Waals surface area contributed by atoms with Crippen molar-refractivity contribution in [1.29, 1.82) is 0 Å². The average molecular weight is 244 g/mol. The molecule has 17 heavy (non-hydrogen) atoms. The highest BCUT2D eigenvalue weighted by Gasteiger charge is 2.07. The third-order valence-electron chi connectivity index (χ3n) is 2.20. The summed E-state index contributed by atoms with van der Waals surface area (Å²) in [4.78, 5) is 10.6. The Labute approximate surface area is 104 Å². The van der Waals surface area contributed by atoms with Crippen LogP contribution in [0, 0.1) is 0 Å².